The largest absolute Gasteiger partial charge is 0.336 e. The van der Waals surface area contributed by atoms with Gasteiger partial charge in [-0.25, -0.2) is 4.68 Å². The number of carbonyl (C=O) groups is 1. The van der Waals surface area contributed by atoms with Crippen molar-refractivity contribution in [1.82, 2.24) is 14.9 Å². The van der Waals surface area contributed by atoms with Gasteiger partial charge in [0.05, 0.1) is 5.75 Å². The van der Waals surface area contributed by atoms with Crippen molar-refractivity contribution in [2.24, 2.45) is 0 Å². The van der Waals surface area contributed by atoms with E-state index in [2.05, 4.69) is 29.4 Å². The van der Waals surface area contributed by atoms with Gasteiger partial charge in [-0.2, -0.15) is 0 Å². The average Bonchev–Trinajstić information content (AvgIpc) is 2.82. The fourth-order valence-electron chi connectivity index (χ4n) is 1.61. The smallest absolute Gasteiger partial charge is 0.234 e. The minimum Gasteiger partial charge on any atom is -0.336 e. The van der Waals surface area contributed by atoms with Gasteiger partial charge >= 0.3 is 0 Å². The normalized spacial score (nSPS) is 10.8. The molecule has 7 heteroatoms. The second kappa shape index (κ2) is 6.42. The maximum atomic E-state index is 11.8. The summed E-state index contributed by atoms with van der Waals surface area (Å²) in [7, 11) is 0. The van der Waals surface area contributed by atoms with E-state index >= 15 is 0 Å². The number of anilines is 1. The van der Waals surface area contributed by atoms with Crippen LogP contribution in [0.15, 0.2) is 35.7 Å². The molecule has 1 aromatic heterocycles. The number of hydrogen-bond acceptors (Lipinski definition) is 5. The summed E-state index contributed by atoms with van der Waals surface area (Å²) in [4.78, 5) is 11.8. The van der Waals surface area contributed by atoms with Gasteiger partial charge in [0.15, 0.2) is 0 Å². The van der Waals surface area contributed by atoms with Crippen molar-refractivity contribution < 1.29 is 4.79 Å². The van der Waals surface area contributed by atoms with Gasteiger partial charge in [0.2, 0.25) is 11.1 Å². The second-order valence-corrected chi connectivity index (χ2v) is 5.58. The lowest BCUT2D eigenvalue weighted by Gasteiger charge is -2.08. The molecule has 3 N–H and O–H groups in total. The van der Waals surface area contributed by atoms with E-state index in [-0.39, 0.29) is 11.7 Å². The summed E-state index contributed by atoms with van der Waals surface area (Å²) in [6.07, 6.45) is 1.39. The standard InChI is InChI=1S/C13H17N5OS/c1-9(2)10-3-5-11(6-4-10)16-12(19)7-20-13-17-15-8-18(13)14/h3-6,8-9H,7,14H2,1-2H3,(H,16,19). The van der Waals surface area contributed by atoms with Gasteiger partial charge in [0.25, 0.3) is 0 Å². The summed E-state index contributed by atoms with van der Waals surface area (Å²) in [6.45, 7) is 4.26. The molecule has 0 saturated carbocycles. The van der Waals surface area contributed by atoms with Crippen LogP contribution in [0.3, 0.4) is 0 Å². The van der Waals surface area contributed by atoms with Crippen molar-refractivity contribution in [1.29, 1.82) is 0 Å². The van der Waals surface area contributed by atoms with Crippen LogP contribution in [0, 0.1) is 0 Å². The Morgan fingerprint density at radius 1 is 1.40 bits per heavy atom. The first-order valence-electron chi connectivity index (χ1n) is 6.24. The third-order valence-electron chi connectivity index (χ3n) is 2.73. The number of aromatic nitrogens is 3. The number of benzene rings is 1. The molecule has 0 aliphatic carbocycles. The molecule has 1 aromatic carbocycles. The zero-order chi connectivity index (χ0) is 14.5. The number of nitrogens with zero attached hydrogens (tertiary/aromatic N) is 3. The lowest BCUT2D eigenvalue weighted by Crippen LogP contribution is -2.15. The molecule has 2 rings (SSSR count). The average molecular weight is 291 g/mol. The van der Waals surface area contributed by atoms with Crippen molar-refractivity contribution in [3.63, 3.8) is 0 Å². The first kappa shape index (κ1) is 14.4. The van der Waals surface area contributed by atoms with Gasteiger partial charge in [-0.3, -0.25) is 4.79 Å². The van der Waals surface area contributed by atoms with Crippen LogP contribution < -0.4 is 11.2 Å². The van der Waals surface area contributed by atoms with E-state index in [0.717, 1.165) is 5.69 Å². The zero-order valence-electron chi connectivity index (χ0n) is 11.4. The molecule has 0 saturated heterocycles. The summed E-state index contributed by atoms with van der Waals surface area (Å²) in [6, 6.07) is 7.85. The summed E-state index contributed by atoms with van der Waals surface area (Å²) in [5.74, 6) is 6.18. The van der Waals surface area contributed by atoms with Gasteiger partial charge < -0.3 is 11.2 Å². The van der Waals surface area contributed by atoms with E-state index in [4.69, 9.17) is 5.84 Å². The quantitative estimate of drug-likeness (QED) is 0.648. The molecular weight excluding hydrogens is 274 g/mol. The Bertz CT molecular complexity index is 579. The van der Waals surface area contributed by atoms with Crippen molar-refractivity contribution in [2.75, 3.05) is 16.9 Å². The molecule has 0 radical (unpaired) electrons. The highest BCUT2D eigenvalue weighted by Gasteiger charge is 2.08. The fourth-order valence-corrected chi connectivity index (χ4v) is 2.25. The van der Waals surface area contributed by atoms with E-state index in [0.29, 0.717) is 11.1 Å². The molecule has 6 nitrogen and oxygen atoms in total. The van der Waals surface area contributed by atoms with Crippen molar-refractivity contribution >= 4 is 23.4 Å². The molecule has 0 atom stereocenters. The second-order valence-electron chi connectivity index (χ2n) is 4.63. The predicted molar refractivity (Wildman–Crippen MR) is 80.1 cm³/mol. The van der Waals surface area contributed by atoms with Crippen molar-refractivity contribution in [2.45, 2.75) is 24.9 Å². The van der Waals surface area contributed by atoms with E-state index in [1.807, 2.05) is 24.3 Å². The summed E-state index contributed by atoms with van der Waals surface area (Å²) in [5.41, 5.74) is 2.03. The van der Waals surface area contributed by atoms with Crippen LogP contribution in [-0.2, 0) is 4.79 Å². The van der Waals surface area contributed by atoms with Crippen LogP contribution in [-0.4, -0.2) is 26.5 Å². The summed E-state index contributed by atoms with van der Waals surface area (Å²) < 4.78 is 1.29. The Hall–Kier alpha value is -2.02. The van der Waals surface area contributed by atoms with Crippen molar-refractivity contribution in [3.8, 4) is 0 Å². The summed E-state index contributed by atoms with van der Waals surface area (Å²) >= 11 is 1.24. The molecule has 0 bridgehead atoms. The highest BCUT2D eigenvalue weighted by molar-refractivity contribution is 7.99. The Morgan fingerprint density at radius 2 is 2.10 bits per heavy atom. The molecule has 2 aromatic rings. The van der Waals surface area contributed by atoms with Crippen LogP contribution >= 0.6 is 11.8 Å². The molecule has 0 unspecified atom stereocenters. The number of nitrogens with one attached hydrogen (secondary N) is 1. The third-order valence-corrected chi connectivity index (χ3v) is 3.69. The van der Waals surface area contributed by atoms with Gasteiger partial charge in [0.1, 0.15) is 6.33 Å². The molecule has 0 aliphatic rings. The van der Waals surface area contributed by atoms with Gasteiger partial charge in [-0.15, -0.1) is 10.2 Å². The molecule has 1 amide bonds. The van der Waals surface area contributed by atoms with Gasteiger partial charge in [-0.1, -0.05) is 37.7 Å². The third kappa shape index (κ3) is 3.74. The molecule has 0 fully saturated rings. The number of hydrogen-bond donors (Lipinski definition) is 2. The first-order chi connectivity index (χ1) is 9.56. The monoisotopic (exact) mass is 291 g/mol. The van der Waals surface area contributed by atoms with E-state index in [9.17, 15) is 4.79 Å². The minimum absolute atomic E-state index is 0.102. The lowest BCUT2D eigenvalue weighted by molar-refractivity contribution is -0.113. The summed E-state index contributed by atoms with van der Waals surface area (Å²) in [5, 5.41) is 10.8. The van der Waals surface area contributed by atoms with Crippen molar-refractivity contribution in [3.05, 3.63) is 36.2 Å². The van der Waals surface area contributed by atoms with Gasteiger partial charge in [0, 0.05) is 5.69 Å². The van der Waals surface area contributed by atoms with E-state index in [1.54, 1.807) is 0 Å². The molecule has 1 heterocycles. The predicted octanol–water partition coefficient (Wildman–Crippen LogP) is 1.85. The Morgan fingerprint density at radius 3 is 2.65 bits per heavy atom. The first-order valence-corrected chi connectivity index (χ1v) is 7.22. The fraction of sp³-hybridized carbons (Fsp3) is 0.308. The van der Waals surface area contributed by atoms with E-state index < -0.39 is 0 Å². The topological polar surface area (TPSA) is 85.8 Å². The highest BCUT2D eigenvalue weighted by atomic mass is 32.2. The number of nitrogen functional groups attached to an aromatic ring is 1. The SMILES string of the molecule is CC(C)c1ccc(NC(=O)CSc2nncn2N)cc1. The number of rotatable bonds is 5. The lowest BCUT2D eigenvalue weighted by atomic mass is 10.0. The maximum absolute atomic E-state index is 11.8. The zero-order valence-corrected chi connectivity index (χ0v) is 12.2. The minimum atomic E-state index is -0.102. The molecule has 0 spiro atoms. The van der Waals surface area contributed by atoms with Gasteiger partial charge in [-0.05, 0) is 23.6 Å². The molecule has 106 valence electrons. The number of amides is 1. The van der Waals surface area contributed by atoms with Crippen LogP contribution in [0.25, 0.3) is 0 Å². The van der Waals surface area contributed by atoms with Crippen LogP contribution in [0.5, 0.6) is 0 Å². The number of carbonyl (C=O) groups excluding carboxylic acids is 1. The highest BCUT2D eigenvalue weighted by Crippen LogP contribution is 2.18. The van der Waals surface area contributed by atoms with Crippen LogP contribution in [0.4, 0.5) is 5.69 Å². The molecular formula is C13H17N5OS. The maximum Gasteiger partial charge on any atom is 0.234 e. The Kier molecular flexibility index (Phi) is 4.62. The van der Waals surface area contributed by atoms with Crippen LogP contribution in [0.1, 0.15) is 25.3 Å². The molecule has 20 heavy (non-hydrogen) atoms. The van der Waals surface area contributed by atoms with Crippen LogP contribution in [0.2, 0.25) is 0 Å². The molecule has 0 aliphatic heterocycles. The van der Waals surface area contributed by atoms with E-state index in [1.165, 1.54) is 28.3 Å². The Labute approximate surface area is 121 Å². The number of thioether (sulfide) groups is 1. The Balaban J connectivity index is 1.86. The number of nitrogens with two attached hydrogens (primary N) is 1.